The molecule has 8 nitrogen and oxygen atoms in total. The van der Waals surface area contributed by atoms with Crippen molar-refractivity contribution in [3.8, 4) is 0 Å². The van der Waals surface area contributed by atoms with Gasteiger partial charge in [-0.15, -0.1) is 0 Å². The molecule has 8 heteroatoms. The summed E-state index contributed by atoms with van der Waals surface area (Å²) in [7, 11) is 0. The lowest BCUT2D eigenvalue weighted by atomic mass is 10.1. The van der Waals surface area contributed by atoms with Gasteiger partial charge in [-0.1, -0.05) is 30.3 Å². The van der Waals surface area contributed by atoms with Crippen LogP contribution < -0.4 is 10.2 Å². The third-order valence-corrected chi connectivity index (χ3v) is 3.71. The van der Waals surface area contributed by atoms with Crippen LogP contribution >= 0.6 is 0 Å². The van der Waals surface area contributed by atoms with Gasteiger partial charge in [0.2, 0.25) is 5.91 Å². The summed E-state index contributed by atoms with van der Waals surface area (Å²) in [6.45, 7) is 0. The summed E-state index contributed by atoms with van der Waals surface area (Å²) in [4.78, 5) is 52.7. The average molecular weight is 351 g/mol. The fraction of sp³-hybridized carbons (Fsp3) is 0.0556. The minimum atomic E-state index is -1.35. The van der Waals surface area contributed by atoms with Crippen LogP contribution in [0.2, 0.25) is 0 Å². The van der Waals surface area contributed by atoms with Gasteiger partial charge in [-0.05, 0) is 24.3 Å². The van der Waals surface area contributed by atoms with Crippen molar-refractivity contribution in [2.45, 2.75) is 0 Å². The van der Waals surface area contributed by atoms with Crippen LogP contribution in [0.5, 0.6) is 0 Å². The summed E-state index contributed by atoms with van der Waals surface area (Å²) < 4.78 is 0. The number of amides is 4. The van der Waals surface area contributed by atoms with Crippen molar-refractivity contribution in [2.75, 3.05) is 4.90 Å². The number of imide groups is 2. The van der Waals surface area contributed by atoms with E-state index in [0.717, 1.165) is 11.1 Å². The lowest BCUT2D eigenvalue weighted by molar-refractivity contribution is -0.131. The number of hydrogen-bond donors (Lipinski definition) is 2. The summed E-state index contributed by atoms with van der Waals surface area (Å²) in [6, 6.07) is 13.2. The molecule has 0 aliphatic carbocycles. The van der Waals surface area contributed by atoms with Crippen LogP contribution in [0.3, 0.4) is 0 Å². The summed E-state index contributed by atoms with van der Waals surface area (Å²) in [5, 5.41) is 11.3. The van der Waals surface area contributed by atoms with Crippen LogP contribution in [0.15, 0.2) is 59.6 Å². The first-order valence-corrected chi connectivity index (χ1v) is 7.59. The molecule has 3 rings (SSSR count). The number of urea groups is 1. The second-order valence-electron chi connectivity index (χ2n) is 5.38. The molecule has 0 spiro atoms. The Morgan fingerprint density at radius 1 is 1.04 bits per heavy atom. The number of carbonyl (C=O) groups excluding carboxylic acids is 3. The number of anilines is 1. The Morgan fingerprint density at radius 2 is 1.69 bits per heavy atom. The van der Waals surface area contributed by atoms with E-state index in [9.17, 15) is 19.2 Å². The molecule has 2 aromatic carbocycles. The number of benzene rings is 2. The molecule has 0 aromatic heterocycles. The van der Waals surface area contributed by atoms with Crippen LogP contribution in [-0.4, -0.2) is 35.1 Å². The molecule has 1 fully saturated rings. The van der Waals surface area contributed by atoms with Crippen molar-refractivity contribution in [1.29, 1.82) is 0 Å². The highest BCUT2D eigenvalue weighted by atomic mass is 16.4. The van der Waals surface area contributed by atoms with Crippen molar-refractivity contribution in [1.82, 2.24) is 5.32 Å². The van der Waals surface area contributed by atoms with Crippen molar-refractivity contribution < 1.29 is 24.3 Å². The van der Waals surface area contributed by atoms with Crippen LogP contribution in [-0.2, 0) is 9.59 Å². The smallest absolute Gasteiger partial charge is 0.337 e. The Hall–Kier alpha value is -3.81. The Balaban J connectivity index is 1.92. The fourth-order valence-corrected chi connectivity index (χ4v) is 2.47. The molecule has 1 aliphatic heterocycles. The van der Waals surface area contributed by atoms with E-state index in [1.165, 1.54) is 18.2 Å². The number of aliphatic imine (C=N–C) groups is 1. The van der Waals surface area contributed by atoms with E-state index in [1.54, 1.807) is 36.4 Å². The molecule has 130 valence electrons. The Labute approximate surface area is 147 Å². The highest BCUT2D eigenvalue weighted by Gasteiger charge is 2.40. The second kappa shape index (κ2) is 6.98. The molecule has 2 N–H and O–H groups in total. The summed E-state index contributed by atoms with van der Waals surface area (Å²) in [5.74, 6) is -4.11. The maximum atomic E-state index is 12.6. The number of aromatic carboxylic acids is 1. The highest BCUT2D eigenvalue weighted by Crippen LogP contribution is 2.22. The first kappa shape index (κ1) is 17.0. The summed E-state index contributed by atoms with van der Waals surface area (Å²) in [5.41, 5.74) is 0.346. The predicted molar refractivity (Wildman–Crippen MR) is 92.5 cm³/mol. The molecule has 1 atom stereocenters. The van der Waals surface area contributed by atoms with Crippen molar-refractivity contribution in [3.05, 3.63) is 60.2 Å². The maximum Gasteiger partial charge on any atom is 0.337 e. The first-order valence-electron chi connectivity index (χ1n) is 7.59. The lowest BCUT2D eigenvalue weighted by Crippen LogP contribution is -2.58. The van der Waals surface area contributed by atoms with Gasteiger partial charge in [-0.25, -0.2) is 14.5 Å². The van der Waals surface area contributed by atoms with E-state index in [1.807, 2.05) is 0 Å². The normalized spacial score (nSPS) is 17.5. The molecule has 0 bridgehead atoms. The zero-order valence-electron chi connectivity index (χ0n) is 13.3. The summed E-state index contributed by atoms with van der Waals surface area (Å²) in [6.07, 6.45) is 1.04. The number of hydrogen-bond acceptors (Lipinski definition) is 5. The van der Waals surface area contributed by atoms with E-state index < -0.39 is 29.7 Å². The Kier molecular flexibility index (Phi) is 4.57. The molecule has 0 radical (unpaired) electrons. The van der Waals surface area contributed by atoms with Gasteiger partial charge in [0.05, 0.1) is 16.9 Å². The second-order valence-corrected chi connectivity index (χ2v) is 5.38. The molecule has 4 amide bonds. The number of nitrogens with one attached hydrogen (secondary N) is 1. The molecule has 2 aromatic rings. The van der Waals surface area contributed by atoms with Gasteiger partial charge in [-0.3, -0.25) is 19.9 Å². The first-order chi connectivity index (χ1) is 12.5. The Bertz CT molecular complexity index is 923. The molecule has 26 heavy (non-hydrogen) atoms. The van der Waals surface area contributed by atoms with Crippen LogP contribution in [0.4, 0.5) is 16.2 Å². The third kappa shape index (κ3) is 3.20. The standard InChI is InChI=1S/C18H13N3O5/c22-15-13(10-19-14-9-5-4-8-12(14)17(24)25)16(23)21(18(26)20-15)11-6-2-1-3-7-11/h1-10,13H,(H,24,25)(H,20,22,26). The maximum absolute atomic E-state index is 12.6. The Morgan fingerprint density at radius 3 is 2.38 bits per heavy atom. The van der Waals surface area contributed by atoms with Gasteiger partial charge in [-0.2, -0.15) is 0 Å². The monoisotopic (exact) mass is 351 g/mol. The average Bonchev–Trinajstić information content (AvgIpc) is 2.62. The predicted octanol–water partition coefficient (Wildman–Crippen LogP) is 1.99. The van der Waals surface area contributed by atoms with Crippen LogP contribution in [0.25, 0.3) is 0 Å². The quantitative estimate of drug-likeness (QED) is 0.645. The third-order valence-electron chi connectivity index (χ3n) is 3.71. The minimum absolute atomic E-state index is 0.0663. The van der Waals surface area contributed by atoms with Gasteiger partial charge >= 0.3 is 12.0 Å². The molecule has 0 saturated carbocycles. The minimum Gasteiger partial charge on any atom is -0.478 e. The van der Waals surface area contributed by atoms with E-state index in [4.69, 9.17) is 5.11 Å². The highest BCUT2D eigenvalue weighted by molar-refractivity contribution is 6.32. The molecular weight excluding hydrogens is 338 g/mol. The zero-order valence-corrected chi connectivity index (χ0v) is 13.3. The van der Waals surface area contributed by atoms with Crippen LogP contribution in [0, 0.1) is 5.92 Å². The van der Waals surface area contributed by atoms with Crippen molar-refractivity contribution in [2.24, 2.45) is 10.9 Å². The number of carbonyl (C=O) groups is 4. The molecule has 1 aliphatic rings. The van der Waals surface area contributed by atoms with E-state index in [2.05, 4.69) is 10.3 Å². The molecular formula is C18H13N3O5. The van der Waals surface area contributed by atoms with Gasteiger partial charge in [0.15, 0.2) is 5.92 Å². The molecule has 1 unspecified atom stereocenters. The number of para-hydroxylation sites is 2. The van der Waals surface area contributed by atoms with Gasteiger partial charge in [0.1, 0.15) is 0 Å². The topological polar surface area (TPSA) is 116 Å². The number of barbiturate groups is 1. The fourth-order valence-electron chi connectivity index (χ4n) is 2.47. The molecule has 1 heterocycles. The van der Waals surface area contributed by atoms with E-state index >= 15 is 0 Å². The largest absolute Gasteiger partial charge is 0.478 e. The SMILES string of the molecule is O=C(O)c1ccccc1N=CC1C(=O)NC(=O)N(c2ccccc2)C1=O. The number of carboxylic acid groups (broad SMARTS) is 1. The zero-order chi connectivity index (χ0) is 18.7. The van der Waals surface area contributed by atoms with E-state index in [-0.39, 0.29) is 11.3 Å². The van der Waals surface area contributed by atoms with Crippen molar-refractivity contribution >= 4 is 41.4 Å². The van der Waals surface area contributed by atoms with Gasteiger partial charge < -0.3 is 5.11 Å². The van der Waals surface area contributed by atoms with Crippen molar-refractivity contribution in [3.63, 3.8) is 0 Å². The van der Waals surface area contributed by atoms with Gasteiger partial charge in [0.25, 0.3) is 5.91 Å². The van der Waals surface area contributed by atoms with Gasteiger partial charge in [0, 0.05) is 6.21 Å². The van der Waals surface area contributed by atoms with Crippen LogP contribution in [0.1, 0.15) is 10.4 Å². The van der Waals surface area contributed by atoms with E-state index in [0.29, 0.717) is 5.69 Å². The number of carboxylic acids is 1. The summed E-state index contributed by atoms with van der Waals surface area (Å²) >= 11 is 0. The number of rotatable bonds is 4. The lowest BCUT2D eigenvalue weighted by Gasteiger charge is -2.28. The number of nitrogens with zero attached hydrogens (tertiary/aromatic N) is 2. The molecule has 1 saturated heterocycles.